The maximum atomic E-state index is 11.8. The van der Waals surface area contributed by atoms with E-state index in [-0.39, 0.29) is 23.4 Å². The van der Waals surface area contributed by atoms with Gasteiger partial charge in [-0.15, -0.1) is 11.3 Å². The third kappa shape index (κ3) is 4.20. The van der Waals surface area contributed by atoms with Crippen LogP contribution in [0.4, 0.5) is 4.79 Å². The summed E-state index contributed by atoms with van der Waals surface area (Å²) in [5, 5.41) is 20.8. The lowest BCUT2D eigenvalue weighted by Gasteiger charge is -2.18. The minimum atomic E-state index is -1.02. The van der Waals surface area contributed by atoms with Gasteiger partial charge in [0.2, 0.25) is 0 Å². The number of carbonyl (C=O) groups is 2. The minimum absolute atomic E-state index is 0.170. The monoisotopic (exact) mass is 296 g/mol. The van der Waals surface area contributed by atoms with Crippen molar-refractivity contribution in [3.63, 3.8) is 0 Å². The second-order valence-electron chi connectivity index (χ2n) is 4.40. The van der Waals surface area contributed by atoms with Crippen LogP contribution in [0, 0.1) is 24.2 Å². The Labute approximate surface area is 120 Å². The molecule has 2 N–H and O–H groups in total. The summed E-state index contributed by atoms with van der Waals surface area (Å²) in [6, 6.07) is 1.73. The number of aromatic carboxylic acids is 1. The summed E-state index contributed by atoms with van der Waals surface area (Å²) in [5.41, 5.74) is 0.443. The summed E-state index contributed by atoms with van der Waals surface area (Å²) in [6.07, 6.45) is 0. The number of hydrogen-bond acceptors (Lipinski definition) is 5. The van der Waals surface area contributed by atoms with Crippen molar-refractivity contribution < 1.29 is 14.7 Å². The van der Waals surface area contributed by atoms with Gasteiger partial charge in [-0.2, -0.15) is 5.26 Å². The number of carboxylic acids is 1. The zero-order valence-electron chi connectivity index (χ0n) is 11.5. The number of amides is 2. The van der Waals surface area contributed by atoms with Crippen LogP contribution in [0.1, 0.15) is 27.3 Å². The zero-order valence-corrected chi connectivity index (χ0v) is 12.3. The molecule has 0 aliphatic carbocycles. The van der Waals surface area contributed by atoms with E-state index < -0.39 is 5.97 Å². The van der Waals surface area contributed by atoms with Crippen LogP contribution in [0.3, 0.4) is 0 Å². The fraction of sp³-hybridized carbons (Fsp3) is 0.500. The number of thiazole rings is 1. The summed E-state index contributed by atoms with van der Waals surface area (Å²) in [6.45, 7) is 3.85. The van der Waals surface area contributed by atoms with E-state index in [0.717, 1.165) is 11.3 Å². The SMILES string of the molecule is Cc1nc(CNC(=O)N(C)CC(C)C#N)sc1C(=O)O. The average Bonchev–Trinajstić information content (AvgIpc) is 2.77. The standard InChI is InChI=1S/C12H16N4O3S/c1-7(4-13)6-16(3)12(19)14-5-9-15-8(2)10(20-9)11(17)18/h7H,5-6H2,1-3H3,(H,14,19)(H,17,18). The van der Waals surface area contributed by atoms with Crippen molar-refractivity contribution >= 4 is 23.3 Å². The van der Waals surface area contributed by atoms with E-state index in [1.807, 2.05) is 0 Å². The van der Waals surface area contributed by atoms with Gasteiger partial charge in [-0.3, -0.25) is 0 Å². The Morgan fingerprint density at radius 3 is 2.75 bits per heavy atom. The second kappa shape index (κ2) is 6.86. The fourth-order valence-corrected chi connectivity index (χ4v) is 2.39. The molecule has 0 saturated carbocycles. The van der Waals surface area contributed by atoms with Gasteiger partial charge in [0, 0.05) is 13.6 Å². The maximum absolute atomic E-state index is 11.8. The van der Waals surface area contributed by atoms with Crippen LogP contribution in [0.2, 0.25) is 0 Å². The van der Waals surface area contributed by atoms with Gasteiger partial charge >= 0.3 is 12.0 Å². The van der Waals surface area contributed by atoms with Gasteiger partial charge in [0.15, 0.2) is 0 Å². The molecule has 0 aromatic carbocycles. The summed E-state index contributed by atoms with van der Waals surface area (Å²) >= 11 is 1.04. The Morgan fingerprint density at radius 1 is 1.60 bits per heavy atom. The number of hydrogen-bond donors (Lipinski definition) is 2. The van der Waals surface area contributed by atoms with Crippen molar-refractivity contribution in [2.24, 2.45) is 5.92 Å². The van der Waals surface area contributed by atoms with Crippen molar-refractivity contribution in [2.75, 3.05) is 13.6 Å². The van der Waals surface area contributed by atoms with Crippen LogP contribution < -0.4 is 5.32 Å². The van der Waals surface area contributed by atoms with Crippen LogP contribution in [0.15, 0.2) is 0 Å². The Kier molecular flexibility index (Phi) is 5.46. The molecule has 20 heavy (non-hydrogen) atoms. The molecular formula is C12H16N4O3S. The zero-order chi connectivity index (χ0) is 15.3. The van der Waals surface area contributed by atoms with Gasteiger partial charge < -0.3 is 15.3 Å². The first-order valence-corrected chi connectivity index (χ1v) is 6.75. The maximum Gasteiger partial charge on any atom is 0.347 e. The Morgan fingerprint density at radius 2 is 2.25 bits per heavy atom. The molecule has 1 heterocycles. The first kappa shape index (κ1) is 15.9. The molecule has 8 heteroatoms. The molecule has 7 nitrogen and oxygen atoms in total. The lowest BCUT2D eigenvalue weighted by Crippen LogP contribution is -2.38. The molecule has 0 bridgehead atoms. The summed E-state index contributed by atoms with van der Waals surface area (Å²) < 4.78 is 0. The number of nitriles is 1. The highest BCUT2D eigenvalue weighted by Crippen LogP contribution is 2.17. The Balaban J connectivity index is 2.55. The van der Waals surface area contributed by atoms with E-state index in [1.165, 1.54) is 4.90 Å². The van der Waals surface area contributed by atoms with E-state index in [2.05, 4.69) is 16.4 Å². The van der Waals surface area contributed by atoms with E-state index in [1.54, 1.807) is 20.9 Å². The number of carbonyl (C=O) groups excluding carboxylic acids is 1. The largest absolute Gasteiger partial charge is 0.477 e. The molecule has 1 unspecified atom stereocenters. The fourth-order valence-electron chi connectivity index (χ4n) is 1.55. The molecule has 1 atom stereocenters. The van der Waals surface area contributed by atoms with Gasteiger partial charge in [0.1, 0.15) is 9.88 Å². The molecule has 0 fully saturated rings. The predicted octanol–water partition coefficient (Wildman–Crippen LogP) is 1.45. The van der Waals surface area contributed by atoms with Gasteiger partial charge in [-0.25, -0.2) is 14.6 Å². The minimum Gasteiger partial charge on any atom is -0.477 e. The highest BCUT2D eigenvalue weighted by Gasteiger charge is 2.16. The molecule has 1 aromatic rings. The summed E-state index contributed by atoms with van der Waals surface area (Å²) in [4.78, 5) is 28.3. The first-order valence-electron chi connectivity index (χ1n) is 5.93. The quantitative estimate of drug-likeness (QED) is 0.855. The van der Waals surface area contributed by atoms with E-state index in [0.29, 0.717) is 17.2 Å². The summed E-state index contributed by atoms with van der Waals surface area (Å²) in [7, 11) is 1.60. The molecule has 0 aliphatic heterocycles. The number of urea groups is 1. The highest BCUT2D eigenvalue weighted by molar-refractivity contribution is 7.13. The van der Waals surface area contributed by atoms with E-state index >= 15 is 0 Å². The third-order valence-electron chi connectivity index (χ3n) is 2.54. The molecule has 0 aliphatic rings. The van der Waals surface area contributed by atoms with Gasteiger partial charge in [0.25, 0.3) is 0 Å². The average molecular weight is 296 g/mol. The van der Waals surface area contributed by atoms with Crippen molar-refractivity contribution in [1.82, 2.24) is 15.2 Å². The lowest BCUT2D eigenvalue weighted by atomic mass is 10.2. The number of aryl methyl sites for hydroxylation is 1. The van der Waals surface area contributed by atoms with E-state index in [4.69, 9.17) is 10.4 Å². The number of rotatable bonds is 5. The predicted molar refractivity (Wildman–Crippen MR) is 73.5 cm³/mol. The summed E-state index contributed by atoms with van der Waals surface area (Å²) in [5.74, 6) is -1.26. The number of nitrogens with one attached hydrogen (secondary N) is 1. The second-order valence-corrected chi connectivity index (χ2v) is 5.48. The van der Waals surface area contributed by atoms with Crippen LogP contribution >= 0.6 is 11.3 Å². The van der Waals surface area contributed by atoms with Crippen molar-refractivity contribution in [3.05, 3.63) is 15.6 Å². The molecule has 0 radical (unpaired) electrons. The molecule has 2 amide bonds. The number of carboxylic acid groups (broad SMARTS) is 1. The number of nitrogens with zero attached hydrogens (tertiary/aromatic N) is 3. The van der Waals surface area contributed by atoms with Crippen LogP contribution in [-0.2, 0) is 6.54 Å². The van der Waals surface area contributed by atoms with Gasteiger partial charge in [0.05, 0.1) is 24.2 Å². The normalized spacial score (nSPS) is 11.5. The number of aromatic nitrogens is 1. The molecule has 1 rings (SSSR count). The molecule has 0 saturated heterocycles. The highest BCUT2D eigenvalue weighted by atomic mass is 32.1. The van der Waals surface area contributed by atoms with E-state index in [9.17, 15) is 9.59 Å². The molecule has 0 spiro atoms. The first-order chi connectivity index (χ1) is 9.35. The lowest BCUT2D eigenvalue weighted by molar-refractivity contribution is 0.0701. The van der Waals surface area contributed by atoms with Crippen LogP contribution in [-0.4, -0.2) is 40.6 Å². The molecule has 1 aromatic heterocycles. The Hall–Kier alpha value is -2.14. The topological polar surface area (TPSA) is 106 Å². The van der Waals surface area contributed by atoms with Crippen LogP contribution in [0.5, 0.6) is 0 Å². The van der Waals surface area contributed by atoms with Crippen molar-refractivity contribution in [1.29, 1.82) is 5.26 Å². The Bertz CT molecular complexity index is 549. The third-order valence-corrected chi connectivity index (χ3v) is 3.69. The van der Waals surface area contributed by atoms with Crippen molar-refractivity contribution in [3.8, 4) is 6.07 Å². The molecule has 108 valence electrons. The van der Waals surface area contributed by atoms with Crippen LogP contribution in [0.25, 0.3) is 0 Å². The van der Waals surface area contributed by atoms with Gasteiger partial charge in [-0.05, 0) is 13.8 Å². The molecular weight excluding hydrogens is 280 g/mol. The van der Waals surface area contributed by atoms with Gasteiger partial charge in [-0.1, -0.05) is 0 Å². The smallest absolute Gasteiger partial charge is 0.347 e. The van der Waals surface area contributed by atoms with Crippen molar-refractivity contribution in [2.45, 2.75) is 20.4 Å².